The van der Waals surface area contributed by atoms with E-state index in [9.17, 15) is 4.79 Å². The number of likely N-dealkylation sites (tertiary alicyclic amines) is 1. The molecule has 2 saturated heterocycles. The predicted molar refractivity (Wildman–Crippen MR) is 96.7 cm³/mol. The van der Waals surface area contributed by atoms with Gasteiger partial charge >= 0.3 is 0 Å². The van der Waals surface area contributed by atoms with Gasteiger partial charge in [0.2, 0.25) is 5.91 Å². The van der Waals surface area contributed by atoms with Gasteiger partial charge in [0, 0.05) is 39.3 Å². The highest BCUT2D eigenvalue weighted by Crippen LogP contribution is 2.29. The molecule has 2 aliphatic heterocycles. The van der Waals surface area contributed by atoms with Gasteiger partial charge in [0.15, 0.2) is 0 Å². The summed E-state index contributed by atoms with van der Waals surface area (Å²) < 4.78 is 5.75. The van der Waals surface area contributed by atoms with E-state index in [1.165, 1.54) is 0 Å². The minimum atomic E-state index is -0.00705. The molecule has 5 heteroatoms. The molecule has 1 unspecified atom stereocenters. The van der Waals surface area contributed by atoms with Gasteiger partial charge in [0.05, 0.1) is 18.3 Å². The Morgan fingerprint density at radius 1 is 1.08 bits per heavy atom. The lowest BCUT2D eigenvalue weighted by molar-refractivity contribution is -0.135. The molecule has 3 rings (SSSR count). The largest absolute Gasteiger partial charge is 0.492 e. The number of amides is 1. The highest BCUT2D eigenvalue weighted by Gasteiger charge is 2.30. The van der Waals surface area contributed by atoms with Gasteiger partial charge in [-0.05, 0) is 38.8 Å². The Bertz CT molecular complexity index is 549. The molecule has 0 N–H and O–H groups in total. The Morgan fingerprint density at radius 2 is 1.75 bits per heavy atom. The van der Waals surface area contributed by atoms with Crippen LogP contribution in [0.15, 0.2) is 24.3 Å². The Labute approximate surface area is 145 Å². The summed E-state index contributed by atoms with van der Waals surface area (Å²) in [7, 11) is 0. The van der Waals surface area contributed by atoms with E-state index in [4.69, 9.17) is 4.74 Å². The summed E-state index contributed by atoms with van der Waals surface area (Å²) in [5.74, 6) is 1.25. The smallest absolute Gasteiger partial charge is 0.239 e. The SMILES string of the molecule is CCOc1ccccc1N1CCN(C(C)C(=O)N2CCCC2)CC1. The van der Waals surface area contributed by atoms with E-state index < -0.39 is 0 Å². The maximum absolute atomic E-state index is 12.6. The average Bonchev–Trinajstić information content (AvgIpc) is 3.16. The van der Waals surface area contributed by atoms with Crippen LogP contribution in [0.3, 0.4) is 0 Å². The Morgan fingerprint density at radius 3 is 2.42 bits per heavy atom. The fourth-order valence-electron chi connectivity index (χ4n) is 3.70. The normalized spacial score (nSPS) is 20.2. The van der Waals surface area contributed by atoms with Crippen LogP contribution in [0.1, 0.15) is 26.7 Å². The first-order chi connectivity index (χ1) is 11.7. The molecule has 0 saturated carbocycles. The molecule has 132 valence electrons. The van der Waals surface area contributed by atoms with Crippen LogP contribution in [0.25, 0.3) is 0 Å². The van der Waals surface area contributed by atoms with Gasteiger partial charge in [0.25, 0.3) is 0 Å². The van der Waals surface area contributed by atoms with Crippen LogP contribution >= 0.6 is 0 Å². The molecule has 0 spiro atoms. The summed E-state index contributed by atoms with van der Waals surface area (Å²) in [6.45, 7) is 10.3. The molecule has 24 heavy (non-hydrogen) atoms. The van der Waals surface area contributed by atoms with Crippen LogP contribution in [-0.4, -0.2) is 67.6 Å². The van der Waals surface area contributed by atoms with E-state index in [0.29, 0.717) is 12.5 Å². The van der Waals surface area contributed by atoms with Crippen molar-refractivity contribution < 1.29 is 9.53 Å². The number of para-hydroxylation sites is 2. The number of hydrogen-bond donors (Lipinski definition) is 0. The number of hydrogen-bond acceptors (Lipinski definition) is 4. The van der Waals surface area contributed by atoms with Crippen molar-refractivity contribution in [1.29, 1.82) is 0 Å². The maximum atomic E-state index is 12.6. The molecular weight excluding hydrogens is 302 g/mol. The van der Waals surface area contributed by atoms with Crippen LogP contribution in [0.5, 0.6) is 5.75 Å². The van der Waals surface area contributed by atoms with Crippen molar-refractivity contribution in [2.24, 2.45) is 0 Å². The monoisotopic (exact) mass is 331 g/mol. The number of nitrogens with zero attached hydrogens (tertiary/aromatic N) is 3. The summed E-state index contributed by atoms with van der Waals surface area (Å²) in [5.41, 5.74) is 1.16. The van der Waals surface area contributed by atoms with Gasteiger partial charge in [-0.15, -0.1) is 0 Å². The molecule has 2 heterocycles. The third-order valence-electron chi connectivity index (χ3n) is 5.14. The van der Waals surface area contributed by atoms with Crippen molar-refractivity contribution in [2.75, 3.05) is 50.8 Å². The number of benzene rings is 1. The zero-order chi connectivity index (χ0) is 16.9. The minimum absolute atomic E-state index is 0.00705. The van der Waals surface area contributed by atoms with Crippen molar-refractivity contribution in [1.82, 2.24) is 9.80 Å². The Kier molecular flexibility index (Phi) is 5.61. The molecule has 2 aliphatic rings. The summed E-state index contributed by atoms with van der Waals surface area (Å²) in [6, 6.07) is 8.22. The second-order valence-electron chi connectivity index (χ2n) is 6.63. The molecule has 0 aromatic heterocycles. The van der Waals surface area contributed by atoms with Crippen molar-refractivity contribution in [3.8, 4) is 5.75 Å². The van der Waals surface area contributed by atoms with Crippen molar-refractivity contribution in [3.05, 3.63) is 24.3 Å². The van der Waals surface area contributed by atoms with Gasteiger partial charge in [-0.2, -0.15) is 0 Å². The van der Waals surface area contributed by atoms with E-state index in [1.807, 2.05) is 24.0 Å². The van der Waals surface area contributed by atoms with Crippen LogP contribution in [0.2, 0.25) is 0 Å². The van der Waals surface area contributed by atoms with Crippen LogP contribution in [0, 0.1) is 0 Å². The Balaban J connectivity index is 1.58. The molecular formula is C19H29N3O2. The number of carbonyl (C=O) groups is 1. The fraction of sp³-hybridized carbons (Fsp3) is 0.632. The molecule has 0 radical (unpaired) electrons. The van der Waals surface area contributed by atoms with Crippen LogP contribution in [0.4, 0.5) is 5.69 Å². The van der Waals surface area contributed by atoms with Gasteiger partial charge < -0.3 is 14.5 Å². The molecule has 0 aliphatic carbocycles. The molecule has 1 atom stereocenters. The van der Waals surface area contributed by atoms with Crippen molar-refractivity contribution >= 4 is 11.6 Å². The van der Waals surface area contributed by atoms with Crippen molar-refractivity contribution in [2.45, 2.75) is 32.7 Å². The van der Waals surface area contributed by atoms with E-state index in [-0.39, 0.29) is 6.04 Å². The lowest BCUT2D eigenvalue weighted by atomic mass is 10.2. The summed E-state index contributed by atoms with van der Waals surface area (Å²) in [4.78, 5) is 19.3. The minimum Gasteiger partial charge on any atom is -0.492 e. The van der Waals surface area contributed by atoms with E-state index in [2.05, 4.69) is 28.9 Å². The zero-order valence-electron chi connectivity index (χ0n) is 14.9. The number of rotatable bonds is 5. The summed E-state index contributed by atoms with van der Waals surface area (Å²) in [5, 5.41) is 0. The molecule has 2 fully saturated rings. The van der Waals surface area contributed by atoms with Gasteiger partial charge in [-0.1, -0.05) is 12.1 Å². The Hall–Kier alpha value is -1.75. The number of carbonyl (C=O) groups excluding carboxylic acids is 1. The lowest BCUT2D eigenvalue weighted by Gasteiger charge is -2.39. The first-order valence-corrected chi connectivity index (χ1v) is 9.20. The van der Waals surface area contributed by atoms with Gasteiger partial charge in [-0.3, -0.25) is 9.69 Å². The highest BCUT2D eigenvalue weighted by atomic mass is 16.5. The van der Waals surface area contributed by atoms with E-state index in [0.717, 1.165) is 63.5 Å². The second-order valence-corrected chi connectivity index (χ2v) is 6.63. The predicted octanol–water partition coefficient (Wildman–Crippen LogP) is 2.22. The van der Waals surface area contributed by atoms with Crippen LogP contribution < -0.4 is 9.64 Å². The number of anilines is 1. The molecule has 5 nitrogen and oxygen atoms in total. The summed E-state index contributed by atoms with van der Waals surface area (Å²) in [6.07, 6.45) is 2.31. The molecule has 1 aromatic carbocycles. The zero-order valence-corrected chi connectivity index (χ0v) is 14.9. The van der Waals surface area contributed by atoms with Gasteiger partial charge in [-0.25, -0.2) is 0 Å². The molecule has 1 aromatic rings. The quantitative estimate of drug-likeness (QED) is 0.829. The molecule has 0 bridgehead atoms. The topological polar surface area (TPSA) is 36.0 Å². The fourth-order valence-corrected chi connectivity index (χ4v) is 3.70. The van der Waals surface area contributed by atoms with Crippen molar-refractivity contribution in [3.63, 3.8) is 0 Å². The third-order valence-corrected chi connectivity index (χ3v) is 5.14. The third kappa shape index (κ3) is 3.66. The maximum Gasteiger partial charge on any atom is 0.239 e. The average molecular weight is 331 g/mol. The highest BCUT2D eigenvalue weighted by molar-refractivity contribution is 5.81. The number of ether oxygens (including phenoxy) is 1. The first-order valence-electron chi connectivity index (χ1n) is 9.20. The van der Waals surface area contributed by atoms with E-state index >= 15 is 0 Å². The van der Waals surface area contributed by atoms with Gasteiger partial charge in [0.1, 0.15) is 5.75 Å². The lowest BCUT2D eigenvalue weighted by Crippen LogP contribution is -2.54. The van der Waals surface area contributed by atoms with E-state index in [1.54, 1.807) is 0 Å². The summed E-state index contributed by atoms with van der Waals surface area (Å²) >= 11 is 0. The number of piperazine rings is 1. The molecule has 1 amide bonds. The standard InChI is InChI=1S/C19H29N3O2/c1-3-24-18-9-5-4-8-17(18)21-14-12-20(13-15-21)16(2)19(23)22-10-6-7-11-22/h4-5,8-9,16H,3,6-7,10-15H2,1-2H3. The van der Waals surface area contributed by atoms with Crippen LogP contribution in [-0.2, 0) is 4.79 Å². The second kappa shape index (κ2) is 7.88. The first kappa shape index (κ1) is 17.1.